The van der Waals surface area contributed by atoms with Crippen LogP contribution in [0.15, 0.2) is 0 Å². The molecule has 0 aliphatic heterocycles. The van der Waals surface area contributed by atoms with Crippen molar-refractivity contribution < 1.29 is 0 Å². The monoisotopic (exact) mass is 229 g/mol. The van der Waals surface area contributed by atoms with Gasteiger partial charge < -0.3 is 5.32 Å². The molecule has 1 N–H and O–H groups in total. The van der Waals surface area contributed by atoms with E-state index in [-0.39, 0.29) is 0 Å². The summed E-state index contributed by atoms with van der Waals surface area (Å²) in [5, 5.41) is 3.63. The van der Waals surface area contributed by atoms with Crippen molar-refractivity contribution in [2.45, 2.75) is 39.5 Å². The standard InChI is InChI=1S/C13H27NS/c1-11(2)9-14-10-13-6-4-5-12(13)7-8-15-3/h11-14H,4-10H2,1-3H3. The molecule has 0 radical (unpaired) electrons. The summed E-state index contributed by atoms with van der Waals surface area (Å²) in [7, 11) is 0. The van der Waals surface area contributed by atoms with E-state index in [1.165, 1.54) is 44.5 Å². The summed E-state index contributed by atoms with van der Waals surface area (Å²) in [5.74, 6) is 4.12. The second kappa shape index (κ2) is 7.56. The average molecular weight is 229 g/mol. The fourth-order valence-corrected chi connectivity index (χ4v) is 3.13. The maximum Gasteiger partial charge on any atom is -0.00178 e. The molecule has 2 heteroatoms. The largest absolute Gasteiger partial charge is 0.316 e. The van der Waals surface area contributed by atoms with Crippen LogP contribution in [-0.4, -0.2) is 25.1 Å². The Hall–Kier alpha value is 0.310. The molecule has 1 aliphatic rings. The number of hydrogen-bond donors (Lipinski definition) is 1. The van der Waals surface area contributed by atoms with Crippen LogP contribution < -0.4 is 5.32 Å². The van der Waals surface area contributed by atoms with Gasteiger partial charge in [0.05, 0.1) is 0 Å². The summed E-state index contributed by atoms with van der Waals surface area (Å²) in [6.45, 7) is 7.02. The molecule has 2 unspecified atom stereocenters. The van der Waals surface area contributed by atoms with Crippen molar-refractivity contribution in [3.05, 3.63) is 0 Å². The molecule has 1 rings (SSSR count). The third-order valence-electron chi connectivity index (χ3n) is 3.47. The molecule has 0 saturated heterocycles. The topological polar surface area (TPSA) is 12.0 Å². The van der Waals surface area contributed by atoms with E-state index in [1.807, 2.05) is 11.8 Å². The van der Waals surface area contributed by atoms with Crippen molar-refractivity contribution in [1.82, 2.24) is 5.32 Å². The van der Waals surface area contributed by atoms with E-state index in [9.17, 15) is 0 Å². The number of hydrogen-bond acceptors (Lipinski definition) is 2. The summed E-state index contributed by atoms with van der Waals surface area (Å²) >= 11 is 2.00. The van der Waals surface area contributed by atoms with Crippen molar-refractivity contribution in [3.63, 3.8) is 0 Å². The van der Waals surface area contributed by atoms with Gasteiger partial charge >= 0.3 is 0 Å². The second-order valence-corrected chi connectivity index (χ2v) is 6.27. The summed E-state index contributed by atoms with van der Waals surface area (Å²) in [6, 6.07) is 0. The van der Waals surface area contributed by atoms with Crippen molar-refractivity contribution in [3.8, 4) is 0 Å². The molecule has 0 amide bonds. The van der Waals surface area contributed by atoms with Gasteiger partial charge in [0.25, 0.3) is 0 Å². The van der Waals surface area contributed by atoms with E-state index in [0.717, 1.165) is 17.8 Å². The highest BCUT2D eigenvalue weighted by atomic mass is 32.2. The van der Waals surface area contributed by atoms with E-state index in [4.69, 9.17) is 0 Å². The fraction of sp³-hybridized carbons (Fsp3) is 1.00. The minimum absolute atomic E-state index is 0.788. The van der Waals surface area contributed by atoms with Gasteiger partial charge in [-0.2, -0.15) is 11.8 Å². The Kier molecular flexibility index (Phi) is 6.74. The molecule has 1 nitrogen and oxygen atoms in total. The average Bonchev–Trinajstić information content (AvgIpc) is 2.62. The molecule has 90 valence electrons. The molecule has 15 heavy (non-hydrogen) atoms. The first-order valence-corrected chi connectivity index (χ1v) is 7.83. The van der Waals surface area contributed by atoms with Crippen molar-refractivity contribution in [2.75, 3.05) is 25.1 Å². The minimum atomic E-state index is 0.788. The van der Waals surface area contributed by atoms with E-state index < -0.39 is 0 Å². The number of thioether (sulfide) groups is 1. The molecule has 1 fully saturated rings. The Bertz CT molecular complexity index is 159. The second-order valence-electron chi connectivity index (χ2n) is 5.28. The van der Waals surface area contributed by atoms with Crippen LogP contribution in [0.3, 0.4) is 0 Å². The van der Waals surface area contributed by atoms with E-state index in [0.29, 0.717) is 0 Å². The molecule has 0 aromatic rings. The van der Waals surface area contributed by atoms with E-state index >= 15 is 0 Å². The van der Waals surface area contributed by atoms with Gasteiger partial charge in [-0.1, -0.05) is 26.7 Å². The Morgan fingerprint density at radius 1 is 1.27 bits per heavy atom. The first-order chi connectivity index (χ1) is 7.24. The Labute approximate surface area is 99.8 Å². The highest BCUT2D eigenvalue weighted by Gasteiger charge is 2.26. The van der Waals surface area contributed by atoms with Gasteiger partial charge in [-0.3, -0.25) is 0 Å². The van der Waals surface area contributed by atoms with Crippen LogP contribution in [0, 0.1) is 17.8 Å². The zero-order chi connectivity index (χ0) is 11.1. The molecular formula is C13H27NS. The summed E-state index contributed by atoms with van der Waals surface area (Å²) in [4.78, 5) is 0. The molecule has 0 heterocycles. The van der Waals surface area contributed by atoms with Crippen molar-refractivity contribution in [2.24, 2.45) is 17.8 Å². The van der Waals surface area contributed by atoms with Crippen LogP contribution in [0.2, 0.25) is 0 Å². The lowest BCUT2D eigenvalue weighted by Gasteiger charge is -2.20. The molecule has 1 saturated carbocycles. The van der Waals surface area contributed by atoms with Crippen molar-refractivity contribution >= 4 is 11.8 Å². The molecule has 0 bridgehead atoms. The number of nitrogens with one attached hydrogen (secondary N) is 1. The molecule has 0 aromatic heterocycles. The molecule has 0 aromatic carbocycles. The molecule has 1 aliphatic carbocycles. The SMILES string of the molecule is CSCCC1CCCC1CNCC(C)C. The fourth-order valence-electron chi connectivity index (χ4n) is 2.59. The van der Waals surface area contributed by atoms with Crippen LogP contribution >= 0.6 is 11.8 Å². The normalized spacial score (nSPS) is 26.4. The van der Waals surface area contributed by atoms with Gasteiger partial charge in [-0.15, -0.1) is 0 Å². The first kappa shape index (κ1) is 13.4. The van der Waals surface area contributed by atoms with Crippen LogP contribution in [0.4, 0.5) is 0 Å². The smallest absolute Gasteiger partial charge is 0.00178 e. The summed E-state index contributed by atoms with van der Waals surface area (Å²) in [6.07, 6.45) is 8.07. The molecule has 0 spiro atoms. The van der Waals surface area contributed by atoms with Gasteiger partial charge in [0.15, 0.2) is 0 Å². The highest BCUT2D eigenvalue weighted by molar-refractivity contribution is 7.98. The van der Waals surface area contributed by atoms with Crippen LogP contribution in [0.5, 0.6) is 0 Å². The zero-order valence-corrected chi connectivity index (χ0v) is 11.4. The van der Waals surface area contributed by atoms with Crippen LogP contribution in [0.1, 0.15) is 39.5 Å². The Balaban J connectivity index is 2.15. The third-order valence-corrected chi connectivity index (χ3v) is 4.11. The van der Waals surface area contributed by atoms with Gasteiger partial charge in [0.2, 0.25) is 0 Å². The Morgan fingerprint density at radius 3 is 2.67 bits per heavy atom. The van der Waals surface area contributed by atoms with E-state index in [2.05, 4.69) is 25.4 Å². The van der Waals surface area contributed by atoms with Gasteiger partial charge in [-0.05, 0) is 55.7 Å². The van der Waals surface area contributed by atoms with Gasteiger partial charge in [0.1, 0.15) is 0 Å². The summed E-state index contributed by atoms with van der Waals surface area (Å²) < 4.78 is 0. The van der Waals surface area contributed by atoms with Crippen LogP contribution in [-0.2, 0) is 0 Å². The Morgan fingerprint density at radius 2 is 2.00 bits per heavy atom. The number of rotatable bonds is 7. The van der Waals surface area contributed by atoms with Crippen LogP contribution in [0.25, 0.3) is 0 Å². The van der Waals surface area contributed by atoms with E-state index in [1.54, 1.807) is 0 Å². The maximum absolute atomic E-state index is 3.63. The highest BCUT2D eigenvalue weighted by Crippen LogP contribution is 2.34. The zero-order valence-electron chi connectivity index (χ0n) is 10.6. The maximum atomic E-state index is 3.63. The molecule has 2 atom stereocenters. The first-order valence-electron chi connectivity index (χ1n) is 6.43. The lowest BCUT2D eigenvalue weighted by Crippen LogP contribution is -2.28. The predicted molar refractivity (Wildman–Crippen MR) is 71.5 cm³/mol. The van der Waals surface area contributed by atoms with Crippen molar-refractivity contribution in [1.29, 1.82) is 0 Å². The summed E-state index contributed by atoms with van der Waals surface area (Å²) in [5.41, 5.74) is 0. The third kappa shape index (κ3) is 5.26. The minimum Gasteiger partial charge on any atom is -0.316 e. The molecular weight excluding hydrogens is 202 g/mol. The van der Waals surface area contributed by atoms with Gasteiger partial charge in [-0.25, -0.2) is 0 Å². The lowest BCUT2D eigenvalue weighted by molar-refractivity contribution is 0.353. The lowest BCUT2D eigenvalue weighted by atomic mass is 9.93. The predicted octanol–water partition coefficient (Wildman–Crippen LogP) is 3.40. The van der Waals surface area contributed by atoms with Gasteiger partial charge in [0, 0.05) is 0 Å². The quantitative estimate of drug-likeness (QED) is 0.718.